The molecule has 0 heterocycles. The van der Waals surface area contributed by atoms with E-state index in [1.807, 2.05) is 13.8 Å². The fourth-order valence-corrected chi connectivity index (χ4v) is 2.89. The lowest BCUT2D eigenvalue weighted by molar-refractivity contribution is -0.142. The Bertz CT molecular complexity index is 603. The van der Waals surface area contributed by atoms with Crippen molar-refractivity contribution in [3.05, 3.63) is 0 Å². The van der Waals surface area contributed by atoms with Gasteiger partial charge in [0.15, 0.2) is 0 Å². The van der Waals surface area contributed by atoms with Crippen molar-refractivity contribution >= 4 is 58.4 Å². The van der Waals surface area contributed by atoms with E-state index in [4.69, 9.17) is 10.2 Å². The maximum absolute atomic E-state index is 12.6. The Kier molecular flexibility index (Phi) is 11.8. The number of carbonyl (C=O) groups is 5. The third-order valence-corrected chi connectivity index (χ3v) is 5.00. The second-order valence-electron chi connectivity index (χ2n) is 6.55. The second kappa shape index (κ2) is 12.6. The van der Waals surface area contributed by atoms with Gasteiger partial charge in [-0.3, -0.25) is 23.1 Å². The zero-order valence-electron chi connectivity index (χ0n) is 15.8. The Morgan fingerprint density at radius 3 is 1.96 bits per heavy atom. The number of nitrogens with zero attached hydrogens (tertiary/aromatic N) is 1. The van der Waals surface area contributed by atoms with Crippen molar-refractivity contribution in [2.45, 2.75) is 58.2 Å². The van der Waals surface area contributed by atoms with Crippen LogP contribution in [0.3, 0.4) is 0 Å². The number of hydrogen-bond donors (Lipinski definition) is 5. The molecule has 0 saturated heterocycles. The van der Waals surface area contributed by atoms with Gasteiger partial charge in [-0.25, -0.2) is 4.79 Å². The van der Waals surface area contributed by atoms with Crippen LogP contribution in [0.4, 0.5) is 0 Å². The molecule has 0 aromatic carbocycles. The molecule has 0 rings (SSSR count). The molecule has 0 aliphatic heterocycles. The number of aliphatic carboxylic acids is 2. The van der Waals surface area contributed by atoms with E-state index < -0.39 is 47.8 Å². The standard InChI is InChI=1S/C16H26BrN3O7S/c1-8(2)6-10(14(24)19-11(7-28)16(26)27)18-15(25)12(4-5-13(22)23)20(17)9(3)21/h8,10-12,28H,4-7H2,1-3H3,(H,18,25)(H,19,24)(H,22,23)(H,26,27)/t10-,11-,12-/m0/s1. The van der Waals surface area contributed by atoms with Crippen LogP contribution in [0.5, 0.6) is 0 Å². The van der Waals surface area contributed by atoms with Crippen LogP contribution in [-0.4, -0.2) is 67.7 Å². The van der Waals surface area contributed by atoms with Crippen LogP contribution in [0.2, 0.25) is 0 Å². The van der Waals surface area contributed by atoms with Gasteiger partial charge in [0.05, 0.1) is 16.1 Å². The van der Waals surface area contributed by atoms with Crippen molar-refractivity contribution in [2.24, 2.45) is 5.92 Å². The number of thiol groups is 1. The molecule has 0 spiro atoms. The van der Waals surface area contributed by atoms with E-state index in [1.165, 1.54) is 6.92 Å². The molecule has 0 radical (unpaired) electrons. The van der Waals surface area contributed by atoms with Crippen molar-refractivity contribution < 1.29 is 34.2 Å². The molecule has 0 aromatic heterocycles. The Balaban J connectivity index is 5.41. The molecule has 0 unspecified atom stereocenters. The predicted molar refractivity (Wildman–Crippen MR) is 107 cm³/mol. The molecule has 0 fully saturated rings. The lowest BCUT2D eigenvalue weighted by Crippen LogP contribution is -2.55. The Hall–Kier alpha value is -1.82. The average molecular weight is 484 g/mol. The van der Waals surface area contributed by atoms with Crippen LogP contribution in [-0.2, 0) is 24.0 Å². The highest BCUT2D eigenvalue weighted by molar-refractivity contribution is 9.07. The van der Waals surface area contributed by atoms with E-state index in [-0.39, 0.29) is 30.9 Å². The number of hydrogen-bond acceptors (Lipinski definition) is 6. The Morgan fingerprint density at radius 1 is 1.04 bits per heavy atom. The highest BCUT2D eigenvalue weighted by Crippen LogP contribution is 2.15. The molecule has 12 heteroatoms. The maximum atomic E-state index is 12.6. The van der Waals surface area contributed by atoms with E-state index in [0.717, 1.165) is 3.93 Å². The monoisotopic (exact) mass is 483 g/mol. The van der Waals surface area contributed by atoms with Crippen molar-refractivity contribution in [3.8, 4) is 0 Å². The molecular weight excluding hydrogens is 458 g/mol. The minimum absolute atomic E-state index is 0.0133. The van der Waals surface area contributed by atoms with Gasteiger partial charge in [-0.15, -0.1) is 0 Å². The summed E-state index contributed by atoms with van der Waals surface area (Å²) in [5, 5.41) is 22.7. The predicted octanol–water partition coefficient (Wildman–Crippen LogP) is 0.408. The molecule has 3 atom stereocenters. The zero-order chi connectivity index (χ0) is 22.0. The van der Waals surface area contributed by atoms with Crippen LogP contribution in [0.25, 0.3) is 0 Å². The van der Waals surface area contributed by atoms with Gasteiger partial charge in [0.2, 0.25) is 17.7 Å². The van der Waals surface area contributed by atoms with Crippen LogP contribution in [0.15, 0.2) is 0 Å². The SMILES string of the molecule is CC(=O)N(Br)[C@@H](CCC(=O)O)C(=O)N[C@@H](CC(C)C)C(=O)N[C@@H](CS)C(=O)O. The van der Waals surface area contributed by atoms with Gasteiger partial charge in [0.1, 0.15) is 18.1 Å². The van der Waals surface area contributed by atoms with Crippen molar-refractivity contribution in [2.75, 3.05) is 5.75 Å². The third-order valence-electron chi connectivity index (χ3n) is 3.65. The highest BCUT2D eigenvalue weighted by atomic mass is 79.9. The summed E-state index contributed by atoms with van der Waals surface area (Å²) in [6.07, 6.45) is -0.323. The van der Waals surface area contributed by atoms with Gasteiger partial charge < -0.3 is 20.8 Å². The smallest absolute Gasteiger partial charge is 0.327 e. The molecule has 0 bridgehead atoms. The van der Waals surface area contributed by atoms with Crippen molar-refractivity contribution in [3.63, 3.8) is 0 Å². The number of nitrogens with one attached hydrogen (secondary N) is 2. The van der Waals surface area contributed by atoms with Crippen LogP contribution >= 0.6 is 28.8 Å². The fraction of sp³-hybridized carbons (Fsp3) is 0.688. The summed E-state index contributed by atoms with van der Waals surface area (Å²) in [6, 6.07) is -3.44. The molecular formula is C16H26BrN3O7S. The van der Waals surface area contributed by atoms with Gasteiger partial charge >= 0.3 is 11.9 Å². The summed E-state index contributed by atoms with van der Waals surface area (Å²) in [7, 11) is 0. The molecule has 0 aliphatic carbocycles. The molecule has 0 saturated carbocycles. The number of carboxylic acid groups (broad SMARTS) is 2. The summed E-state index contributed by atoms with van der Waals surface area (Å²) in [5.74, 6) is -4.50. The first-order chi connectivity index (χ1) is 12.9. The van der Waals surface area contributed by atoms with Gasteiger partial charge in [0, 0.05) is 19.1 Å². The molecule has 4 N–H and O–H groups in total. The highest BCUT2D eigenvalue weighted by Gasteiger charge is 2.32. The number of amides is 3. The third kappa shape index (κ3) is 9.40. The zero-order valence-corrected chi connectivity index (χ0v) is 18.3. The summed E-state index contributed by atoms with van der Waals surface area (Å²) in [6.45, 7) is 4.82. The molecule has 10 nitrogen and oxygen atoms in total. The Labute approximate surface area is 177 Å². The number of carboxylic acids is 2. The van der Waals surface area contributed by atoms with Crippen LogP contribution in [0.1, 0.15) is 40.0 Å². The molecule has 0 aromatic rings. The summed E-state index contributed by atoms with van der Waals surface area (Å²) >= 11 is 6.83. The average Bonchev–Trinajstić information content (AvgIpc) is 2.57. The van der Waals surface area contributed by atoms with E-state index >= 15 is 0 Å². The minimum atomic E-state index is -1.26. The first-order valence-electron chi connectivity index (χ1n) is 8.52. The lowest BCUT2D eigenvalue weighted by Gasteiger charge is -2.27. The largest absolute Gasteiger partial charge is 0.481 e. The van der Waals surface area contributed by atoms with Gasteiger partial charge in [-0.05, 0) is 18.8 Å². The van der Waals surface area contributed by atoms with E-state index in [9.17, 15) is 24.0 Å². The van der Waals surface area contributed by atoms with Gasteiger partial charge in [-0.2, -0.15) is 12.6 Å². The summed E-state index contributed by atoms with van der Waals surface area (Å²) in [4.78, 5) is 58.6. The number of rotatable bonds is 12. The van der Waals surface area contributed by atoms with Crippen molar-refractivity contribution in [1.82, 2.24) is 14.6 Å². The fourth-order valence-electron chi connectivity index (χ4n) is 2.26. The molecule has 3 amide bonds. The van der Waals surface area contributed by atoms with Gasteiger partial charge in [-0.1, -0.05) is 13.8 Å². The molecule has 0 aliphatic rings. The minimum Gasteiger partial charge on any atom is -0.481 e. The van der Waals surface area contributed by atoms with Crippen LogP contribution in [0, 0.1) is 5.92 Å². The Morgan fingerprint density at radius 2 is 1.57 bits per heavy atom. The topological polar surface area (TPSA) is 153 Å². The first-order valence-corrected chi connectivity index (χ1v) is 9.86. The van der Waals surface area contributed by atoms with E-state index in [1.54, 1.807) is 0 Å². The second-order valence-corrected chi connectivity index (χ2v) is 7.68. The van der Waals surface area contributed by atoms with Crippen molar-refractivity contribution in [1.29, 1.82) is 0 Å². The molecule has 28 heavy (non-hydrogen) atoms. The molecule has 160 valence electrons. The maximum Gasteiger partial charge on any atom is 0.327 e. The normalized spacial score (nSPS) is 13.9. The van der Waals surface area contributed by atoms with Gasteiger partial charge in [0.25, 0.3) is 0 Å². The summed E-state index contributed by atoms with van der Waals surface area (Å²) in [5.41, 5.74) is 0. The van der Waals surface area contributed by atoms with Crippen LogP contribution < -0.4 is 10.6 Å². The first kappa shape index (κ1) is 26.2. The quantitative estimate of drug-likeness (QED) is 0.199. The van der Waals surface area contributed by atoms with E-state index in [2.05, 4.69) is 39.4 Å². The van der Waals surface area contributed by atoms with E-state index in [0.29, 0.717) is 0 Å². The number of carbonyl (C=O) groups excluding carboxylic acids is 3. The summed E-state index contributed by atoms with van der Waals surface area (Å²) < 4.78 is 0.920. The lowest BCUT2D eigenvalue weighted by atomic mass is 10.0. The number of halogens is 1.